The first-order chi connectivity index (χ1) is 6.89. The maximum atomic E-state index is 11.0. The molecule has 0 aliphatic carbocycles. The van der Waals surface area contributed by atoms with Crippen molar-refractivity contribution in [3.05, 3.63) is 12.7 Å². The van der Waals surface area contributed by atoms with Gasteiger partial charge in [-0.05, 0) is 6.92 Å². The minimum Gasteiger partial charge on any atom is -0.400 e. The number of rotatable bonds is 6. The Morgan fingerprint density at radius 1 is 1.27 bits per heavy atom. The van der Waals surface area contributed by atoms with E-state index in [-0.39, 0.29) is 0 Å². The third-order valence-electron chi connectivity index (χ3n) is 2.04. The predicted octanol–water partition coefficient (Wildman–Crippen LogP) is 0.0171. The Labute approximate surface area is 88.4 Å². The fourth-order valence-corrected chi connectivity index (χ4v) is 0.839. The van der Waals surface area contributed by atoms with Crippen LogP contribution in [-0.2, 0) is 23.7 Å². The van der Waals surface area contributed by atoms with Crippen molar-refractivity contribution in [1.82, 2.24) is 0 Å². The average molecular weight is 220 g/mol. The second-order valence-electron chi connectivity index (χ2n) is 2.77. The van der Waals surface area contributed by atoms with Gasteiger partial charge in [0.2, 0.25) is 0 Å². The van der Waals surface area contributed by atoms with Gasteiger partial charge in [0.15, 0.2) is 0 Å². The van der Waals surface area contributed by atoms with Gasteiger partial charge in [-0.15, -0.1) is 0 Å². The molecule has 0 amide bonds. The number of aliphatic hydroxyl groups is 1. The van der Waals surface area contributed by atoms with Gasteiger partial charge in [-0.25, -0.2) is 4.79 Å². The van der Waals surface area contributed by atoms with E-state index in [1.54, 1.807) is 0 Å². The van der Waals surface area contributed by atoms with Crippen molar-refractivity contribution in [3.63, 3.8) is 0 Å². The van der Waals surface area contributed by atoms with Crippen molar-refractivity contribution in [3.8, 4) is 0 Å². The minimum absolute atomic E-state index is 0.861. The third kappa shape index (κ3) is 2.75. The summed E-state index contributed by atoms with van der Waals surface area (Å²) in [6.45, 7) is 4.54. The first kappa shape index (κ1) is 14.1. The van der Waals surface area contributed by atoms with E-state index in [4.69, 9.17) is 9.47 Å². The number of ether oxygens (including phenoxy) is 4. The molecule has 0 aliphatic rings. The standard InChI is InChI=1S/C9H16O6/c1-6-7(10)15-9(11,14-5)8(2,12-3)13-4/h6,11H,1H2,2-5H3. The number of hydrogen-bond acceptors (Lipinski definition) is 6. The number of carbonyl (C=O) groups excluding carboxylic acids is 1. The summed E-state index contributed by atoms with van der Waals surface area (Å²) in [7, 11) is 3.69. The van der Waals surface area contributed by atoms with Crippen LogP contribution < -0.4 is 0 Å². The Balaban J connectivity index is 4.97. The molecule has 0 radical (unpaired) electrons. The fourth-order valence-electron chi connectivity index (χ4n) is 0.839. The van der Waals surface area contributed by atoms with Crippen molar-refractivity contribution in [2.24, 2.45) is 0 Å². The van der Waals surface area contributed by atoms with Crippen LogP contribution in [0.15, 0.2) is 12.7 Å². The van der Waals surface area contributed by atoms with Crippen LogP contribution in [-0.4, -0.2) is 44.2 Å². The van der Waals surface area contributed by atoms with Crippen molar-refractivity contribution in [2.45, 2.75) is 18.7 Å². The summed E-state index contributed by atoms with van der Waals surface area (Å²) in [5.41, 5.74) is 0. The van der Waals surface area contributed by atoms with Gasteiger partial charge in [0.05, 0.1) is 0 Å². The molecule has 0 fully saturated rings. The topological polar surface area (TPSA) is 74.2 Å². The van der Waals surface area contributed by atoms with Gasteiger partial charge in [-0.3, -0.25) is 0 Å². The molecule has 0 aromatic heterocycles. The first-order valence-corrected chi connectivity index (χ1v) is 4.12. The highest BCUT2D eigenvalue weighted by atomic mass is 16.9. The van der Waals surface area contributed by atoms with E-state index in [0.717, 1.165) is 13.2 Å². The summed E-state index contributed by atoms with van der Waals surface area (Å²) in [5.74, 6) is -4.85. The molecular formula is C9H16O6. The molecule has 15 heavy (non-hydrogen) atoms. The van der Waals surface area contributed by atoms with Crippen LogP contribution in [0.4, 0.5) is 0 Å². The molecule has 0 saturated heterocycles. The molecule has 88 valence electrons. The zero-order chi connectivity index (χ0) is 12.1. The Bertz CT molecular complexity index is 235. The SMILES string of the molecule is C=CC(=O)OC(O)(OC)C(C)(OC)OC. The number of hydrogen-bond donors (Lipinski definition) is 1. The van der Waals surface area contributed by atoms with Crippen LogP contribution in [0.25, 0.3) is 0 Å². The first-order valence-electron chi connectivity index (χ1n) is 4.12. The van der Waals surface area contributed by atoms with Gasteiger partial charge < -0.3 is 24.1 Å². The van der Waals surface area contributed by atoms with Crippen molar-refractivity contribution in [2.75, 3.05) is 21.3 Å². The van der Waals surface area contributed by atoms with E-state index in [2.05, 4.69) is 16.1 Å². The number of esters is 1. The maximum absolute atomic E-state index is 11.0. The summed E-state index contributed by atoms with van der Waals surface area (Å²) < 4.78 is 19.0. The fraction of sp³-hybridized carbons (Fsp3) is 0.667. The summed E-state index contributed by atoms with van der Waals surface area (Å²) in [6, 6.07) is 0. The van der Waals surface area contributed by atoms with Crippen LogP contribution in [0.5, 0.6) is 0 Å². The van der Waals surface area contributed by atoms with E-state index in [1.807, 2.05) is 0 Å². The second-order valence-corrected chi connectivity index (χ2v) is 2.77. The van der Waals surface area contributed by atoms with E-state index in [1.165, 1.54) is 21.1 Å². The predicted molar refractivity (Wildman–Crippen MR) is 50.7 cm³/mol. The van der Waals surface area contributed by atoms with Gasteiger partial charge in [-0.1, -0.05) is 6.58 Å². The largest absolute Gasteiger partial charge is 0.400 e. The van der Waals surface area contributed by atoms with Gasteiger partial charge in [-0.2, -0.15) is 0 Å². The number of methoxy groups -OCH3 is 3. The molecule has 0 bridgehead atoms. The summed E-state index contributed by atoms with van der Waals surface area (Å²) in [4.78, 5) is 11.0. The third-order valence-corrected chi connectivity index (χ3v) is 2.04. The maximum Gasteiger partial charge on any atom is 0.384 e. The Morgan fingerprint density at radius 3 is 2.00 bits per heavy atom. The van der Waals surface area contributed by atoms with E-state index < -0.39 is 17.7 Å². The highest BCUT2D eigenvalue weighted by Crippen LogP contribution is 2.28. The van der Waals surface area contributed by atoms with Crippen LogP contribution >= 0.6 is 0 Å². The zero-order valence-corrected chi connectivity index (χ0v) is 9.27. The molecular weight excluding hydrogens is 204 g/mol. The van der Waals surface area contributed by atoms with E-state index in [9.17, 15) is 9.90 Å². The monoisotopic (exact) mass is 220 g/mol. The van der Waals surface area contributed by atoms with Crippen LogP contribution in [0.2, 0.25) is 0 Å². The Morgan fingerprint density at radius 2 is 1.73 bits per heavy atom. The zero-order valence-electron chi connectivity index (χ0n) is 9.27. The lowest BCUT2D eigenvalue weighted by atomic mass is 10.2. The quantitative estimate of drug-likeness (QED) is 0.386. The summed E-state index contributed by atoms with van der Waals surface area (Å²) in [5, 5.41) is 9.88. The molecule has 0 aromatic carbocycles. The minimum atomic E-state index is -2.35. The molecule has 1 atom stereocenters. The highest BCUT2D eigenvalue weighted by Gasteiger charge is 2.53. The average Bonchev–Trinajstić information content (AvgIpc) is 2.27. The molecule has 6 heteroatoms. The molecule has 0 rings (SSSR count). The molecule has 1 N–H and O–H groups in total. The lowest BCUT2D eigenvalue weighted by Crippen LogP contribution is -2.58. The summed E-state index contributed by atoms with van der Waals surface area (Å²) >= 11 is 0. The highest BCUT2D eigenvalue weighted by molar-refractivity contribution is 5.81. The summed E-state index contributed by atoms with van der Waals surface area (Å²) in [6.07, 6.45) is 0.885. The van der Waals surface area contributed by atoms with Crippen molar-refractivity contribution >= 4 is 5.97 Å². The lowest BCUT2D eigenvalue weighted by Gasteiger charge is -2.38. The van der Waals surface area contributed by atoms with Crippen molar-refractivity contribution in [1.29, 1.82) is 0 Å². The van der Waals surface area contributed by atoms with Crippen LogP contribution in [0.1, 0.15) is 6.92 Å². The van der Waals surface area contributed by atoms with E-state index in [0.29, 0.717) is 0 Å². The van der Waals surface area contributed by atoms with Gasteiger partial charge in [0.1, 0.15) is 0 Å². The Kier molecular flexibility index (Phi) is 4.89. The van der Waals surface area contributed by atoms with Gasteiger partial charge >= 0.3 is 11.9 Å². The van der Waals surface area contributed by atoms with Crippen LogP contribution in [0, 0.1) is 0 Å². The number of carbonyl (C=O) groups is 1. The van der Waals surface area contributed by atoms with Crippen molar-refractivity contribution < 1.29 is 28.8 Å². The van der Waals surface area contributed by atoms with Crippen LogP contribution in [0.3, 0.4) is 0 Å². The molecule has 6 nitrogen and oxygen atoms in total. The Hall–Kier alpha value is -0.950. The molecule has 1 unspecified atom stereocenters. The lowest BCUT2D eigenvalue weighted by molar-refractivity contribution is -0.454. The second kappa shape index (κ2) is 5.22. The smallest absolute Gasteiger partial charge is 0.384 e. The molecule has 0 heterocycles. The normalized spacial score (nSPS) is 15.5. The van der Waals surface area contributed by atoms with E-state index >= 15 is 0 Å². The van der Waals surface area contributed by atoms with Gasteiger partial charge in [0.25, 0.3) is 5.79 Å². The molecule has 0 saturated carbocycles. The molecule has 0 aliphatic heterocycles. The van der Waals surface area contributed by atoms with Gasteiger partial charge in [0, 0.05) is 27.4 Å². The molecule has 0 spiro atoms. The molecule has 0 aromatic rings.